The van der Waals surface area contributed by atoms with Crippen LogP contribution in [0.15, 0.2) is 0 Å². The molecular formula is C28H3BF25-. The van der Waals surface area contributed by atoms with Crippen LogP contribution in [0.1, 0.15) is 22.3 Å². The molecule has 0 N–H and O–H groups in total. The van der Waals surface area contributed by atoms with Crippen LogP contribution >= 0.6 is 0 Å². The summed E-state index contributed by atoms with van der Waals surface area (Å²) in [5, 5.41) is 0. The Hall–Kier alpha value is -4.81. The monoisotopic (exact) mass is 825 g/mol. The van der Waals surface area contributed by atoms with E-state index in [0.717, 1.165) is 0 Å². The predicted octanol–water partition coefficient (Wildman–Crippen LogP) is 8.65. The highest BCUT2D eigenvalue weighted by Gasteiger charge is 2.55. The van der Waals surface area contributed by atoms with Crippen LogP contribution in [0, 0.1) is 100.0 Å². The number of alkyl halides is 9. The zero-order valence-electron chi connectivity index (χ0n) is 24.5. The van der Waals surface area contributed by atoms with Crippen molar-refractivity contribution < 1.29 is 110 Å². The summed E-state index contributed by atoms with van der Waals surface area (Å²) in [6.07, 6.45) is -28.0. The van der Waals surface area contributed by atoms with Gasteiger partial charge in [-0.1, -0.05) is 0 Å². The summed E-state index contributed by atoms with van der Waals surface area (Å²) < 4.78 is 368. The van der Waals surface area contributed by atoms with Gasteiger partial charge in [-0.3, -0.25) is 0 Å². The van der Waals surface area contributed by atoms with E-state index in [0.29, 0.717) is 0 Å². The minimum atomic E-state index is -7.77. The first kappa shape index (κ1) is 41.9. The van der Waals surface area contributed by atoms with Gasteiger partial charge in [-0.2, -0.15) is 39.5 Å². The number of halogens is 25. The molecule has 0 aliphatic heterocycles. The molecule has 4 rings (SSSR count). The number of hydrogen-bond acceptors (Lipinski definition) is 0. The molecule has 0 saturated carbocycles. The number of hydrogen-bond donors (Lipinski definition) is 0. The van der Waals surface area contributed by atoms with Gasteiger partial charge in [0.15, 0.2) is 46.5 Å². The quantitative estimate of drug-likeness (QED) is 0.110. The van der Waals surface area contributed by atoms with Crippen LogP contribution in [0.25, 0.3) is 0 Å². The molecule has 54 heavy (non-hydrogen) atoms. The maximum absolute atomic E-state index is 15.9. The van der Waals surface area contributed by atoms with E-state index in [1.54, 1.807) is 0 Å². The molecule has 0 bridgehead atoms. The molecule has 0 unspecified atom stereocenters. The molecule has 0 nitrogen and oxygen atoms in total. The van der Waals surface area contributed by atoms with Crippen molar-refractivity contribution in [3.8, 4) is 0 Å². The Morgan fingerprint density at radius 1 is 0.259 bits per heavy atom. The fourth-order valence-corrected chi connectivity index (χ4v) is 5.84. The Bertz CT molecular complexity index is 1950. The third kappa shape index (κ3) is 5.68. The first-order valence-electron chi connectivity index (χ1n) is 13.1. The average molecular weight is 825 g/mol. The largest absolute Gasteiger partial charge is 0.422 e. The lowest BCUT2D eigenvalue weighted by Gasteiger charge is -2.45. The van der Waals surface area contributed by atoms with E-state index in [2.05, 4.69) is 0 Å². The summed E-state index contributed by atoms with van der Waals surface area (Å²) in [5.41, 5.74) is -29.7. The van der Waals surface area contributed by atoms with Crippen molar-refractivity contribution in [1.29, 1.82) is 0 Å². The van der Waals surface area contributed by atoms with Crippen LogP contribution in [0.2, 0.25) is 0 Å². The van der Waals surface area contributed by atoms with Crippen LogP contribution in [0.3, 0.4) is 0 Å². The first-order chi connectivity index (χ1) is 24.3. The normalized spacial score (nSPS) is 13.0. The van der Waals surface area contributed by atoms with E-state index in [4.69, 9.17) is 0 Å². The summed E-state index contributed by atoms with van der Waals surface area (Å²) >= 11 is 0. The molecule has 26 heteroatoms. The molecule has 294 valence electrons. The Kier molecular flexibility index (Phi) is 10.0. The minimum absolute atomic E-state index is 0.0643. The first-order valence-corrected chi connectivity index (χ1v) is 13.1. The SMILES string of the molecule is Cc1c(F)c(F)c([B-](c2c(F)c(F)c(C(F)(F)F)c(F)c2F)(c2c(F)c(F)c(C(F)(F)F)c(F)c2F)c2c(F)c(F)c(C(F)(F)F)c(F)c2F)c(F)c1F. The van der Waals surface area contributed by atoms with Gasteiger partial charge in [0.25, 0.3) is 0 Å². The smallest absolute Gasteiger partial charge is 0.207 e. The topological polar surface area (TPSA) is 0 Å². The number of rotatable bonds is 4. The molecule has 0 aromatic heterocycles. The standard InChI is InChI=1S/C28H3BF25/c1-2-10(30)18(38)6(19(39)11(2)31)29(7-20(40)12(32)3(26(46,47)48)13(33)21(7)41,8-22(42)14(34)4(27(49,50)51)15(35)23(8)43)9-24(44)16(36)5(28(52,53)54)17(37)25(9)45/h1H3/q-1. The lowest BCUT2D eigenvalue weighted by atomic mass is 9.12. The van der Waals surface area contributed by atoms with E-state index >= 15 is 70.2 Å². The second kappa shape index (κ2) is 12.9. The van der Waals surface area contributed by atoms with E-state index < -0.39 is 162 Å². The van der Waals surface area contributed by atoms with Crippen molar-refractivity contribution in [3.05, 3.63) is 115 Å². The van der Waals surface area contributed by atoms with Gasteiger partial charge in [0.2, 0.25) is 0 Å². The summed E-state index contributed by atoms with van der Waals surface area (Å²) in [4.78, 5) is 0. The van der Waals surface area contributed by atoms with Crippen molar-refractivity contribution in [1.82, 2.24) is 0 Å². The van der Waals surface area contributed by atoms with Crippen molar-refractivity contribution in [2.45, 2.75) is 25.5 Å². The molecule has 0 atom stereocenters. The molecule has 0 aliphatic rings. The Morgan fingerprint density at radius 2 is 0.407 bits per heavy atom. The minimum Gasteiger partial charge on any atom is -0.207 e. The van der Waals surface area contributed by atoms with Crippen LogP contribution in [0.4, 0.5) is 110 Å². The lowest BCUT2D eigenvalue weighted by Crippen LogP contribution is -2.81. The molecule has 4 aromatic rings. The van der Waals surface area contributed by atoms with Crippen molar-refractivity contribution in [2.75, 3.05) is 0 Å². The van der Waals surface area contributed by atoms with Gasteiger partial charge < -0.3 is 0 Å². The van der Waals surface area contributed by atoms with Crippen molar-refractivity contribution >= 4 is 28.0 Å². The second-order valence-electron chi connectivity index (χ2n) is 10.8. The lowest BCUT2D eigenvalue weighted by molar-refractivity contribution is -0.144. The number of benzene rings is 4. The third-order valence-corrected chi connectivity index (χ3v) is 7.99. The van der Waals surface area contributed by atoms with Gasteiger partial charge in [0.1, 0.15) is 69.4 Å². The maximum Gasteiger partial charge on any atom is 0.422 e. The van der Waals surface area contributed by atoms with E-state index in [1.165, 1.54) is 0 Å². The Labute approximate surface area is 279 Å². The summed E-state index contributed by atoms with van der Waals surface area (Å²) in [6, 6.07) is 0. The van der Waals surface area contributed by atoms with Gasteiger partial charge >= 0.3 is 18.5 Å². The Morgan fingerprint density at radius 3 is 0.556 bits per heavy atom. The molecule has 0 heterocycles. The van der Waals surface area contributed by atoms with Gasteiger partial charge in [0, 0.05) is 5.56 Å². The maximum atomic E-state index is 15.9. The fourth-order valence-electron chi connectivity index (χ4n) is 5.84. The van der Waals surface area contributed by atoms with Gasteiger partial charge in [0.05, 0.1) is 0 Å². The van der Waals surface area contributed by atoms with Crippen LogP contribution < -0.4 is 21.9 Å². The van der Waals surface area contributed by atoms with Crippen molar-refractivity contribution in [3.63, 3.8) is 0 Å². The zero-order chi connectivity index (χ0) is 41.9. The average Bonchev–Trinajstić information content (AvgIpc) is 3.02. The Balaban J connectivity index is 2.73. The molecule has 4 aromatic carbocycles. The third-order valence-electron chi connectivity index (χ3n) is 7.99. The summed E-state index contributed by atoms with van der Waals surface area (Å²) in [7, 11) is 0. The molecule has 0 aliphatic carbocycles. The highest BCUT2D eigenvalue weighted by molar-refractivity contribution is 7.20. The fraction of sp³-hybridized carbons (Fsp3) is 0.143. The van der Waals surface area contributed by atoms with Crippen LogP contribution in [-0.4, -0.2) is 6.15 Å². The van der Waals surface area contributed by atoms with E-state index in [-0.39, 0.29) is 6.92 Å². The van der Waals surface area contributed by atoms with Crippen LogP contribution in [-0.2, 0) is 18.5 Å². The molecule has 0 radical (unpaired) electrons. The molecule has 0 spiro atoms. The van der Waals surface area contributed by atoms with Crippen LogP contribution in [0.5, 0.6) is 0 Å². The van der Waals surface area contributed by atoms with Gasteiger partial charge in [-0.25, -0.2) is 70.2 Å². The summed E-state index contributed by atoms with van der Waals surface area (Å²) in [5.74, 6) is -63.8. The van der Waals surface area contributed by atoms with Gasteiger partial charge in [-0.15, -0.1) is 21.9 Å². The molecule has 0 amide bonds. The van der Waals surface area contributed by atoms with E-state index in [9.17, 15) is 39.5 Å². The van der Waals surface area contributed by atoms with E-state index in [1.807, 2.05) is 0 Å². The zero-order valence-corrected chi connectivity index (χ0v) is 24.5. The second-order valence-corrected chi connectivity index (χ2v) is 10.8. The molecule has 0 fully saturated rings. The molecular weight excluding hydrogens is 822 g/mol. The highest BCUT2D eigenvalue weighted by atomic mass is 19.4. The summed E-state index contributed by atoms with van der Waals surface area (Å²) in [6.45, 7) is -0.0643. The predicted molar refractivity (Wildman–Crippen MR) is 129 cm³/mol. The van der Waals surface area contributed by atoms with Crippen molar-refractivity contribution in [2.24, 2.45) is 0 Å². The molecule has 0 saturated heterocycles. The van der Waals surface area contributed by atoms with Gasteiger partial charge in [-0.05, 0) is 6.92 Å². The highest BCUT2D eigenvalue weighted by Crippen LogP contribution is 2.40.